The summed E-state index contributed by atoms with van der Waals surface area (Å²) >= 11 is 7.39. The molecule has 2 atom stereocenters. The van der Waals surface area contributed by atoms with E-state index in [0.717, 1.165) is 0 Å². The summed E-state index contributed by atoms with van der Waals surface area (Å²) in [7, 11) is 0. The number of rotatable bonds is 8. The molecule has 0 saturated carbocycles. The minimum absolute atomic E-state index is 0.133. The zero-order valence-electron chi connectivity index (χ0n) is 11.4. The van der Waals surface area contributed by atoms with Gasteiger partial charge >= 0.3 is 0 Å². The van der Waals surface area contributed by atoms with Crippen molar-refractivity contribution in [2.24, 2.45) is 5.73 Å². The van der Waals surface area contributed by atoms with Crippen LogP contribution in [0.25, 0.3) is 0 Å². The van der Waals surface area contributed by atoms with Crippen molar-refractivity contribution in [3.63, 3.8) is 0 Å². The van der Waals surface area contributed by atoms with Crippen LogP contribution in [-0.2, 0) is 0 Å². The van der Waals surface area contributed by atoms with Crippen LogP contribution in [0.4, 0.5) is 5.69 Å². The van der Waals surface area contributed by atoms with Crippen molar-refractivity contribution in [3.8, 4) is 0 Å². The number of benzene rings is 1. The zero-order chi connectivity index (χ0) is 16.0. The average Bonchev–Trinajstić information content (AvgIpc) is 2.43. The topological polar surface area (TPSA) is 112 Å². The van der Waals surface area contributed by atoms with E-state index in [-0.39, 0.29) is 15.6 Å². The Balaban J connectivity index is 3.27. The average molecular weight is 334 g/mol. The molecule has 0 spiro atoms. The molecule has 21 heavy (non-hydrogen) atoms. The molecule has 0 aromatic heterocycles. The normalized spacial score (nSPS) is 13.7. The summed E-state index contributed by atoms with van der Waals surface area (Å²) in [5, 5.41) is 21.8. The van der Waals surface area contributed by atoms with E-state index in [4.69, 9.17) is 17.3 Å². The Kier molecular flexibility index (Phi) is 6.86. The number of nitrogens with zero attached hydrogens (tertiary/aromatic N) is 2. The fourth-order valence-corrected chi connectivity index (χ4v) is 3.52. The number of non-ortho nitro benzene ring substituents is 1. The molecule has 2 unspecified atom stereocenters. The third kappa shape index (κ3) is 4.55. The first-order chi connectivity index (χ1) is 9.92. The highest BCUT2D eigenvalue weighted by Crippen LogP contribution is 2.39. The van der Waals surface area contributed by atoms with E-state index in [0.29, 0.717) is 24.3 Å². The maximum Gasteiger partial charge on any atom is 0.269 e. The number of nitro benzene ring substituents is 1. The Morgan fingerprint density at radius 3 is 2.52 bits per heavy atom. The van der Waals surface area contributed by atoms with Gasteiger partial charge in [-0.25, -0.2) is 0 Å². The van der Waals surface area contributed by atoms with E-state index in [1.165, 1.54) is 30.0 Å². The Labute approximate surface area is 131 Å². The van der Waals surface area contributed by atoms with Gasteiger partial charge in [0.05, 0.1) is 10.2 Å². The highest BCUT2D eigenvalue weighted by molar-refractivity contribution is 7.99. The van der Waals surface area contributed by atoms with Gasteiger partial charge in [0.25, 0.3) is 5.69 Å². The maximum atomic E-state index is 11.2. The first kappa shape index (κ1) is 17.7. The summed E-state index contributed by atoms with van der Waals surface area (Å²) in [6.45, 7) is 2.07. The third-order valence-corrected chi connectivity index (χ3v) is 4.69. The van der Waals surface area contributed by atoms with Crippen molar-refractivity contribution in [2.75, 3.05) is 12.3 Å². The number of nitro groups is 2. The smallest absolute Gasteiger partial charge is 0.269 e. The molecule has 1 rings (SSSR count). The van der Waals surface area contributed by atoms with Crippen molar-refractivity contribution in [2.45, 2.75) is 24.6 Å². The molecule has 2 N–H and O–H groups in total. The number of halogens is 1. The minimum Gasteiger partial charge on any atom is -0.330 e. The van der Waals surface area contributed by atoms with E-state index >= 15 is 0 Å². The lowest BCUT2D eigenvalue weighted by atomic mass is 10.0. The van der Waals surface area contributed by atoms with Gasteiger partial charge in [0, 0.05) is 40.8 Å². The molecular weight excluding hydrogens is 318 g/mol. The highest BCUT2D eigenvalue weighted by atomic mass is 35.5. The molecule has 0 heterocycles. The Hall–Kier alpha value is -1.38. The standard InChI is InChI=1S/C12H16ClN3O4S/c1-2-11(16(19)20)12(21-6-5-14)9-7-8(15(17)18)3-4-10(9)13/h3-4,7,11-12H,2,5-6,14H2,1H3. The molecular formula is C12H16ClN3O4S. The van der Waals surface area contributed by atoms with Crippen LogP contribution in [0.2, 0.25) is 5.02 Å². The van der Waals surface area contributed by atoms with Crippen LogP contribution in [0, 0.1) is 20.2 Å². The van der Waals surface area contributed by atoms with Crippen LogP contribution < -0.4 is 5.73 Å². The second-order valence-corrected chi connectivity index (χ2v) is 5.96. The van der Waals surface area contributed by atoms with Gasteiger partial charge in [-0.2, -0.15) is 0 Å². The molecule has 116 valence electrons. The van der Waals surface area contributed by atoms with E-state index in [2.05, 4.69) is 0 Å². The Morgan fingerprint density at radius 1 is 1.38 bits per heavy atom. The SMILES string of the molecule is CCC(C(SCCN)c1cc([N+](=O)[O-])ccc1Cl)[N+](=O)[O-]. The van der Waals surface area contributed by atoms with Gasteiger partial charge in [0.1, 0.15) is 0 Å². The number of hydrogen-bond donors (Lipinski definition) is 1. The number of thioether (sulfide) groups is 1. The first-order valence-electron chi connectivity index (χ1n) is 6.31. The summed E-state index contributed by atoms with van der Waals surface area (Å²) < 4.78 is 0. The Morgan fingerprint density at radius 2 is 2.05 bits per heavy atom. The first-order valence-corrected chi connectivity index (χ1v) is 7.74. The summed E-state index contributed by atoms with van der Waals surface area (Å²) in [5.74, 6) is 0.508. The van der Waals surface area contributed by atoms with Crippen LogP contribution in [0.1, 0.15) is 24.2 Å². The highest BCUT2D eigenvalue weighted by Gasteiger charge is 2.33. The molecule has 0 radical (unpaired) electrons. The quantitative estimate of drug-likeness (QED) is 0.578. The molecule has 0 aliphatic rings. The van der Waals surface area contributed by atoms with Crippen LogP contribution >= 0.6 is 23.4 Å². The van der Waals surface area contributed by atoms with E-state index in [9.17, 15) is 20.2 Å². The van der Waals surface area contributed by atoms with Gasteiger partial charge in [-0.05, 0) is 11.6 Å². The fraction of sp³-hybridized carbons (Fsp3) is 0.500. The van der Waals surface area contributed by atoms with Gasteiger partial charge in [-0.15, -0.1) is 11.8 Å². The van der Waals surface area contributed by atoms with Crippen LogP contribution in [0.5, 0.6) is 0 Å². The molecule has 0 amide bonds. The lowest BCUT2D eigenvalue weighted by Crippen LogP contribution is -2.26. The van der Waals surface area contributed by atoms with Crippen LogP contribution in [-0.4, -0.2) is 28.2 Å². The van der Waals surface area contributed by atoms with Crippen molar-refractivity contribution < 1.29 is 9.85 Å². The van der Waals surface area contributed by atoms with Gasteiger partial charge in [-0.1, -0.05) is 18.5 Å². The van der Waals surface area contributed by atoms with E-state index < -0.39 is 16.2 Å². The molecule has 9 heteroatoms. The number of hydrogen-bond acceptors (Lipinski definition) is 6. The summed E-state index contributed by atoms with van der Waals surface area (Å²) in [5.41, 5.74) is 5.73. The zero-order valence-corrected chi connectivity index (χ0v) is 13.0. The molecule has 0 saturated heterocycles. The van der Waals surface area contributed by atoms with Gasteiger partial charge in [-0.3, -0.25) is 20.2 Å². The van der Waals surface area contributed by atoms with Crippen molar-refractivity contribution >= 4 is 29.1 Å². The predicted octanol–water partition coefficient (Wildman–Crippen LogP) is 3.04. The van der Waals surface area contributed by atoms with Crippen molar-refractivity contribution in [3.05, 3.63) is 49.0 Å². The van der Waals surface area contributed by atoms with Crippen LogP contribution in [0.15, 0.2) is 18.2 Å². The molecule has 1 aromatic carbocycles. The van der Waals surface area contributed by atoms with Gasteiger partial charge in [0.15, 0.2) is 0 Å². The molecule has 1 aromatic rings. The summed E-state index contributed by atoms with van der Waals surface area (Å²) in [6, 6.07) is 3.12. The van der Waals surface area contributed by atoms with Crippen molar-refractivity contribution in [1.29, 1.82) is 0 Å². The molecule has 0 bridgehead atoms. The molecule has 0 aliphatic carbocycles. The fourth-order valence-electron chi connectivity index (χ4n) is 1.94. The molecule has 7 nitrogen and oxygen atoms in total. The second kappa shape index (κ2) is 8.16. The van der Waals surface area contributed by atoms with E-state index in [1.807, 2.05) is 0 Å². The van der Waals surface area contributed by atoms with Gasteiger partial charge in [0.2, 0.25) is 6.04 Å². The van der Waals surface area contributed by atoms with E-state index in [1.54, 1.807) is 6.92 Å². The lowest BCUT2D eigenvalue weighted by Gasteiger charge is -2.20. The second-order valence-electron chi connectivity index (χ2n) is 4.30. The van der Waals surface area contributed by atoms with Gasteiger partial charge < -0.3 is 5.73 Å². The summed E-state index contributed by atoms with van der Waals surface area (Å²) in [4.78, 5) is 21.2. The predicted molar refractivity (Wildman–Crippen MR) is 83.4 cm³/mol. The monoisotopic (exact) mass is 333 g/mol. The van der Waals surface area contributed by atoms with Crippen LogP contribution in [0.3, 0.4) is 0 Å². The maximum absolute atomic E-state index is 11.2. The Bertz CT molecular complexity index is 529. The largest absolute Gasteiger partial charge is 0.330 e. The molecule has 0 fully saturated rings. The third-order valence-electron chi connectivity index (χ3n) is 2.95. The van der Waals surface area contributed by atoms with Crippen molar-refractivity contribution in [1.82, 2.24) is 0 Å². The number of nitrogens with two attached hydrogens (primary N) is 1. The minimum atomic E-state index is -0.874. The summed E-state index contributed by atoms with van der Waals surface area (Å²) in [6.07, 6.45) is 0.300. The lowest BCUT2D eigenvalue weighted by molar-refractivity contribution is -0.522. The molecule has 0 aliphatic heterocycles.